The molecule has 1 N–H and O–H groups in total. The average molecular weight is 301 g/mol. The van der Waals surface area contributed by atoms with Gasteiger partial charge < -0.3 is 10.1 Å². The van der Waals surface area contributed by atoms with Gasteiger partial charge in [0.05, 0.1) is 7.11 Å². The van der Waals surface area contributed by atoms with Crippen molar-refractivity contribution < 1.29 is 9.53 Å². The van der Waals surface area contributed by atoms with Crippen LogP contribution in [-0.2, 0) is 26.3 Å². The van der Waals surface area contributed by atoms with Gasteiger partial charge in [0.1, 0.15) is 17.7 Å². The molecule has 1 aliphatic rings. The maximum atomic E-state index is 12.4. The molecule has 0 fully saturated rings. The van der Waals surface area contributed by atoms with Crippen LogP contribution in [0.25, 0.3) is 0 Å². The molecule has 1 aliphatic carbocycles. The zero-order valence-electron chi connectivity index (χ0n) is 12.8. The maximum Gasteiger partial charge on any atom is 0.256 e. The van der Waals surface area contributed by atoms with Gasteiger partial charge in [-0.2, -0.15) is 5.10 Å². The van der Waals surface area contributed by atoms with E-state index in [1.807, 2.05) is 13.1 Å². The summed E-state index contributed by atoms with van der Waals surface area (Å²) in [4.78, 5) is 20.9. The van der Waals surface area contributed by atoms with E-state index in [9.17, 15) is 4.79 Å². The number of aryl methyl sites for hydroxylation is 3. The Kier molecular flexibility index (Phi) is 4.04. The van der Waals surface area contributed by atoms with Crippen LogP contribution in [0.15, 0.2) is 12.4 Å². The highest BCUT2D eigenvalue weighted by atomic mass is 16.5. The molecular weight excluding hydrogens is 282 g/mol. The highest BCUT2D eigenvalue weighted by Crippen LogP contribution is 2.26. The summed E-state index contributed by atoms with van der Waals surface area (Å²) in [5.74, 6) is 1.07. The second-order valence-electron chi connectivity index (χ2n) is 5.31. The van der Waals surface area contributed by atoms with E-state index in [2.05, 4.69) is 20.4 Å². The summed E-state index contributed by atoms with van der Waals surface area (Å²) in [6.07, 6.45) is 5.15. The van der Waals surface area contributed by atoms with Gasteiger partial charge in [0.2, 0.25) is 5.88 Å². The third-order valence-corrected chi connectivity index (χ3v) is 3.89. The van der Waals surface area contributed by atoms with E-state index < -0.39 is 0 Å². The summed E-state index contributed by atoms with van der Waals surface area (Å²) in [6.45, 7) is 0.492. The number of rotatable bonds is 5. The minimum absolute atomic E-state index is 0.166. The zero-order valence-corrected chi connectivity index (χ0v) is 12.8. The summed E-state index contributed by atoms with van der Waals surface area (Å²) in [5, 5.41) is 6.89. The van der Waals surface area contributed by atoms with Gasteiger partial charge in [0.15, 0.2) is 0 Å². The number of ether oxygens (including phenoxy) is 1. The summed E-state index contributed by atoms with van der Waals surface area (Å²) in [6, 6.07) is 1.91. The highest BCUT2D eigenvalue weighted by Gasteiger charge is 2.20. The molecule has 0 radical (unpaired) electrons. The zero-order chi connectivity index (χ0) is 15.5. The van der Waals surface area contributed by atoms with E-state index in [1.165, 1.54) is 6.33 Å². The number of amides is 1. The van der Waals surface area contributed by atoms with E-state index >= 15 is 0 Å². The minimum Gasteiger partial charge on any atom is -0.480 e. The molecule has 2 heterocycles. The van der Waals surface area contributed by atoms with Crippen molar-refractivity contribution in [2.24, 2.45) is 7.05 Å². The Bertz CT molecular complexity index is 695. The molecule has 7 heteroatoms. The number of carbonyl (C=O) groups excluding carboxylic acids is 1. The first-order chi connectivity index (χ1) is 10.7. The molecule has 0 bridgehead atoms. The third-order valence-electron chi connectivity index (χ3n) is 3.89. The Labute approximate surface area is 128 Å². The molecule has 0 saturated carbocycles. The Morgan fingerprint density at radius 2 is 2.32 bits per heavy atom. The molecule has 3 rings (SSSR count). The number of hydrogen-bond acceptors (Lipinski definition) is 5. The smallest absolute Gasteiger partial charge is 0.256 e. The SMILES string of the molecule is COc1nc2c(cc1C(=O)NCCc1ncnn1C)CCC2. The number of carbonyl (C=O) groups is 1. The Morgan fingerprint density at radius 1 is 1.45 bits per heavy atom. The van der Waals surface area contributed by atoms with Crippen LogP contribution >= 0.6 is 0 Å². The molecule has 0 saturated heterocycles. The summed E-state index contributed by atoms with van der Waals surface area (Å²) in [7, 11) is 3.37. The molecule has 0 unspecified atom stereocenters. The monoisotopic (exact) mass is 301 g/mol. The number of nitrogens with zero attached hydrogens (tertiary/aromatic N) is 4. The van der Waals surface area contributed by atoms with Crippen molar-refractivity contribution in [1.29, 1.82) is 0 Å². The van der Waals surface area contributed by atoms with Gasteiger partial charge in [-0.15, -0.1) is 0 Å². The molecule has 0 spiro atoms. The van der Waals surface area contributed by atoms with Crippen LogP contribution in [-0.4, -0.2) is 39.3 Å². The van der Waals surface area contributed by atoms with Crippen molar-refractivity contribution >= 4 is 5.91 Å². The van der Waals surface area contributed by atoms with Crippen molar-refractivity contribution in [3.05, 3.63) is 35.0 Å². The van der Waals surface area contributed by atoms with E-state index in [0.717, 1.165) is 36.3 Å². The minimum atomic E-state index is -0.166. The van der Waals surface area contributed by atoms with E-state index in [4.69, 9.17) is 4.74 Å². The van der Waals surface area contributed by atoms with Crippen LogP contribution < -0.4 is 10.1 Å². The number of nitrogens with one attached hydrogen (secondary N) is 1. The molecule has 0 atom stereocenters. The lowest BCUT2D eigenvalue weighted by molar-refractivity contribution is 0.0950. The van der Waals surface area contributed by atoms with Crippen molar-refractivity contribution in [3.63, 3.8) is 0 Å². The van der Waals surface area contributed by atoms with Crippen LogP contribution in [0.3, 0.4) is 0 Å². The number of pyridine rings is 1. The van der Waals surface area contributed by atoms with Gasteiger partial charge in [0, 0.05) is 25.7 Å². The van der Waals surface area contributed by atoms with Crippen LogP contribution in [0.1, 0.15) is 33.9 Å². The second-order valence-corrected chi connectivity index (χ2v) is 5.31. The number of hydrogen-bond donors (Lipinski definition) is 1. The summed E-state index contributed by atoms with van der Waals surface area (Å²) < 4.78 is 6.96. The molecule has 1 amide bonds. The van der Waals surface area contributed by atoms with E-state index in [0.29, 0.717) is 24.4 Å². The van der Waals surface area contributed by atoms with Crippen LogP contribution in [0.2, 0.25) is 0 Å². The molecule has 2 aromatic heterocycles. The quantitative estimate of drug-likeness (QED) is 0.878. The lowest BCUT2D eigenvalue weighted by Gasteiger charge is -2.10. The van der Waals surface area contributed by atoms with Crippen LogP contribution in [0.5, 0.6) is 5.88 Å². The van der Waals surface area contributed by atoms with E-state index in [1.54, 1.807) is 11.8 Å². The van der Waals surface area contributed by atoms with Crippen molar-refractivity contribution in [2.45, 2.75) is 25.7 Å². The normalized spacial score (nSPS) is 13.0. The first kappa shape index (κ1) is 14.5. The van der Waals surface area contributed by atoms with Gasteiger partial charge in [-0.05, 0) is 30.9 Å². The molecule has 0 aromatic carbocycles. The lowest BCUT2D eigenvalue weighted by Crippen LogP contribution is -2.27. The largest absolute Gasteiger partial charge is 0.480 e. The summed E-state index contributed by atoms with van der Waals surface area (Å²) >= 11 is 0. The summed E-state index contributed by atoms with van der Waals surface area (Å²) in [5.41, 5.74) is 2.70. The van der Waals surface area contributed by atoms with Gasteiger partial charge in [-0.25, -0.2) is 9.97 Å². The third kappa shape index (κ3) is 2.79. The van der Waals surface area contributed by atoms with Crippen molar-refractivity contribution in [2.75, 3.05) is 13.7 Å². The standard InChI is InChI=1S/C15H19N5O2/c1-20-13(17-9-18-20)6-7-16-14(21)11-8-10-4-3-5-12(10)19-15(11)22-2/h8-9H,3-7H2,1-2H3,(H,16,21). The Hall–Kier alpha value is -2.44. The van der Waals surface area contributed by atoms with Gasteiger partial charge in [0.25, 0.3) is 5.91 Å². The molecule has 116 valence electrons. The van der Waals surface area contributed by atoms with Crippen molar-refractivity contribution in [1.82, 2.24) is 25.1 Å². The predicted octanol–water partition coefficient (Wildman–Crippen LogP) is 0.680. The fourth-order valence-corrected chi connectivity index (χ4v) is 2.70. The second kappa shape index (κ2) is 6.13. The number of fused-ring (bicyclic) bond motifs is 1. The molecule has 2 aromatic rings. The van der Waals surface area contributed by atoms with Crippen LogP contribution in [0.4, 0.5) is 0 Å². The maximum absolute atomic E-state index is 12.4. The average Bonchev–Trinajstić information content (AvgIpc) is 3.14. The van der Waals surface area contributed by atoms with Crippen molar-refractivity contribution in [3.8, 4) is 5.88 Å². The fraction of sp³-hybridized carbons (Fsp3) is 0.467. The topological polar surface area (TPSA) is 81.9 Å². The van der Waals surface area contributed by atoms with Gasteiger partial charge >= 0.3 is 0 Å². The predicted molar refractivity (Wildman–Crippen MR) is 79.9 cm³/mol. The van der Waals surface area contributed by atoms with Gasteiger partial charge in [-0.1, -0.05) is 0 Å². The lowest BCUT2D eigenvalue weighted by atomic mass is 10.1. The first-order valence-electron chi connectivity index (χ1n) is 7.37. The van der Waals surface area contributed by atoms with Crippen LogP contribution in [0, 0.1) is 0 Å². The first-order valence-corrected chi connectivity index (χ1v) is 7.37. The highest BCUT2D eigenvalue weighted by molar-refractivity contribution is 5.96. The molecule has 22 heavy (non-hydrogen) atoms. The fourth-order valence-electron chi connectivity index (χ4n) is 2.70. The Balaban J connectivity index is 1.68. The number of methoxy groups -OCH3 is 1. The molecule has 7 nitrogen and oxygen atoms in total. The Morgan fingerprint density at radius 3 is 3.05 bits per heavy atom. The number of aromatic nitrogens is 4. The van der Waals surface area contributed by atoms with Gasteiger partial charge in [-0.3, -0.25) is 9.48 Å². The van der Waals surface area contributed by atoms with E-state index in [-0.39, 0.29) is 5.91 Å². The molecule has 0 aliphatic heterocycles. The molecular formula is C15H19N5O2.